The minimum Gasteiger partial charge on any atom is -0.491 e. The molecule has 0 aliphatic rings. The van der Waals surface area contributed by atoms with Crippen molar-refractivity contribution in [3.8, 4) is 17.2 Å². The summed E-state index contributed by atoms with van der Waals surface area (Å²) in [6.45, 7) is 4.03. The van der Waals surface area contributed by atoms with Gasteiger partial charge in [0.1, 0.15) is 17.2 Å². The van der Waals surface area contributed by atoms with E-state index in [0.29, 0.717) is 0 Å². The van der Waals surface area contributed by atoms with Crippen molar-refractivity contribution in [2.75, 3.05) is 0 Å². The van der Waals surface area contributed by atoms with E-state index in [1.807, 2.05) is 98.9 Å². The monoisotopic (exact) mass is 331 g/mol. The maximum absolute atomic E-state index is 5.84. The lowest BCUT2D eigenvalue weighted by Gasteiger charge is -2.09. The Hall–Kier alpha value is -3.07. The van der Waals surface area contributed by atoms with Gasteiger partial charge in [0.05, 0.1) is 11.8 Å². The number of para-hydroxylation sites is 1. The van der Waals surface area contributed by atoms with E-state index < -0.39 is 0 Å². The second-order valence-corrected chi connectivity index (χ2v) is 5.91. The molecule has 0 aromatic heterocycles. The second kappa shape index (κ2) is 8.15. The molecule has 3 nitrogen and oxygen atoms in total. The van der Waals surface area contributed by atoms with Crippen LogP contribution in [0, 0.1) is 0 Å². The van der Waals surface area contributed by atoms with E-state index in [1.54, 1.807) is 0 Å². The third-order valence-electron chi connectivity index (χ3n) is 3.39. The van der Waals surface area contributed by atoms with Crippen LogP contribution in [0.4, 0.5) is 5.69 Å². The lowest BCUT2D eigenvalue weighted by atomic mass is 10.2. The summed E-state index contributed by atoms with van der Waals surface area (Å²) < 4.78 is 11.6. The first-order valence-corrected chi connectivity index (χ1v) is 8.33. The van der Waals surface area contributed by atoms with E-state index in [2.05, 4.69) is 4.99 Å². The van der Waals surface area contributed by atoms with Crippen molar-refractivity contribution in [2.45, 2.75) is 20.0 Å². The Bertz CT molecular complexity index is 841. The minimum absolute atomic E-state index is 0.152. The van der Waals surface area contributed by atoms with Crippen molar-refractivity contribution in [1.82, 2.24) is 0 Å². The third kappa shape index (κ3) is 5.21. The highest BCUT2D eigenvalue weighted by atomic mass is 16.5. The number of hydrogen-bond donors (Lipinski definition) is 0. The molecule has 0 fully saturated rings. The van der Waals surface area contributed by atoms with Crippen LogP contribution in [0.5, 0.6) is 17.2 Å². The molecule has 0 spiro atoms. The van der Waals surface area contributed by atoms with Gasteiger partial charge in [0, 0.05) is 12.3 Å². The van der Waals surface area contributed by atoms with Gasteiger partial charge in [-0.2, -0.15) is 0 Å². The van der Waals surface area contributed by atoms with Crippen LogP contribution >= 0.6 is 0 Å². The van der Waals surface area contributed by atoms with Crippen LogP contribution < -0.4 is 9.47 Å². The normalized spacial score (nSPS) is 11.0. The van der Waals surface area contributed by atoms with Crippen LogP contribution in [0.3, 0.4) is 0 Å². The number of ether oxygens (including phenoxy) is 2. The van der Waals surface area contributed by atoms with Crippen LogP contribution in [-0.2, 0) is 0 Å². The first-order chi connectivity index (χ1) is 12.2. The predicted molar refractivity (Wildman–Crippen MR) is 102 cm³/mol. The van der Waals surface area contributed by atoms with Crippen LogP contribution in [0.25, 0.3) is 0 Å². The molecule has 0 aliphatic heterocycles. The van der Waals surface area contributed by atoms with Crippen molar-refractivity contribution in [2.24, 2.45) is 4.99 Å². The molecule has 0 aliphatic carbocycles. The molecular formula is C22H21NO2. The summed E-state index contributed by atoms with van der Waals surface area (Å²) in [5, 5.41) is 0. The number of rotatable bonds is 6. The van der Waals surface area contributed by atoms with Gasteiger partial charge in [-0.3, -0.25) is 4.99 Å². The first kappa shape index (κ1) is 16.8. The molecule has 126 valence electrons. The van der Waals surface area contributed by atoms with Gasteiger partial charge in [-0.05, 0) is 55.8 Å². The largest absolute Gasteiger partial charge is 0.491 e. The van der Waals surface area contributed by atoms with E-state index in [4.69, 9.17) is 9.47 Å². The van der Waals surface area contributed by atoms with E-state index in [0.717, 1.165) is 28.5 Å². The fourth-order valence-electron chi connectivity index (χ4n) is 2.34. The maximum Gasteiger partial charge on any atom is 0.129 e. The lowest BCUT2D eigenvalue weighted by Crippen LogP contribution is -2.05. The van der Waals surface area contributed by atoms with Crippen LogP contribution in [0.1, 0.15) is 19.4 Å². The number of aliphatic imine (C=N–C) groups is 1. The smallest absolute Gasteiger partial charge is 0.129 e. The van der Waals surface area contributed by atoms with Gasteiger partial charge in [-0.25, -0.2) is 0 Å². The molecule has 0 bridgehead atoms. The Morgan fingerprint density at radius 2 is 1.48 bits per heavy atom. The summed E-state index contributed by atoms with van der Waals surface area (Å²) in [5.74, 6) is 2.42. The van der Waals surface area contributed by atoms with Crippen molar-refractivity contribution in [1.29, 1.82) is 0 Å². The van der Waals surface area contributed by atoms with E-state index in [-0.39, 0.29) is 6.10 Å². The van der Waals surface area contributed by atoms with Crippen molar-refractivity contribution in [3.63, 3.8) is 0 Å². The molecule has 25 heavy (non-hydrogen) atoms. The zero-order chi connectivity index (χ0) is 17.5. The van der Waals surface area contributed by atoms with Gasteiger partial charge < -0.3 is 9.47 Å². The molecule has 0 saturated carbocycles. The fourth-order valence-corrected chi connectivity index (χ4v) is 2.34. The van der Waals surface area contributed by atoms with E-state index in [9.17, 15) is 0 Å². The van der Waals surface area contributed by atoms with E-state index >= 15 is 0 Å². The standard InChI is InChI=1S/C22H21NO2/c1-17(2)24-21-12-6-8-18(14-21)16-23-19-9-7-13-22(15-19)25-20-10-4-3-5-11-20/h3-17H,1-2H3. The van der Waals surface area contributed by atoms with Crippen molar-refractivity contribution in [3.05, 3.63) is 84.4 Å². The topological polar surface area (TPSA) is 30.8 Å². The fraction of sp³-hybridized carbons (Fsp3) is 0.136. The highest BCUT2D eigenvalue weighted by Crippen LogP contribution is 2.25. The molecule has 0 saturated heterocycles. The van der Waals surface area contributed by atoms with Crippen molar-refractivity contribution >= 4 is 11.9 Å². The molecule has 0 unspecified atom stereocenters. The quantitative estimate of drug-likeness (QED) is 0.517. The van der Waals surface area contributed by atoms with Gasteiger partial charge in [-0.15, -0.1) is 0 Å². The molecule has 3 aromatic carbocycles. The predicted octanol–water partition coefficient (Wildman–Crippen LogP) is 6.02. The Morgan fingerprint density at radius 3 is 2.28 bits per heavy atom. The van der Waals surface area contributed by atoms with E-state index in [1.165, 1.54) is 0 Å². The zero-order valence-corrected chi connectivity index (χ0v) is 14.4. The molecular weight excluding hydrogens is 310 g/mol. The Balaban J connectivity index is 1.72. The number of benzene rings is 3. The molecule has 0 amide bonds. The Labute approximate surface area is 148 Å². The summed E-state index contributed by atoms with van der Waals surface area (Å²) in [4.78, 5) is 4.54. The first-order valence-electron chi connectivity index (χ1n) is 8.33. The van der Waals surface area contributed by atoms with Gasteiger partial charge in [0.25, 0.3) is 0 Å². The molecule has 3 heteroatoms. The van der Waals surface area contributed by atoms with Crippen molar-refractivity contribution < 1.29 is 9.47 Å². The molecule has 3 rings (SSSR count). The molecule has 3 aromatic rings. The van der Waals surface area contributed by atoms with Crippen LogP contribution in [0.2, 0.25) is 0 Å². The molecule has 0 radical (unpaired) electrons. The van der Waals surface area contributed by atoms with Gasteiger partial charge in [-0.1, -0.05) is 36.4 Å². The zero-order valence-electron chi connectivity index (χ0n) is 14.4. The summed E-state index contributed by atoms with van der Waals surface area (Å²) in [6.07, 6.45) is 1.98. The number of nitrogens with zero attached hydrogens (tertiary/aromatic N) is 1. The summed E-state index contributed by atoms with van der Waals surface area (Å²) in [7, 11) is 0. The van der Waals surface area contributed by atoms with Gasteiger partial charge in [0.15, 0.2) is 0 Å². The Kier molecular flexibility index (Phi) is 5.47. The average molecular weight is 331 g/mol. The lowest BCUT2D eigenvalue weighted by molar-refractivity contribution is 0.242. The summed E-state index contributed by atoms with van der Waals surface area (Å²) in [6, 6.07) is 25.3. The van der Waals surface area contributed by atoms with Gasteiger partial charge >= 0.3 is 0 Å². The van der Waals surface area contributed by atoms with Crippen LogP contribution in [-0.4, -0.2) is 12.3 Å². The summed E-state index contributed by atoms with van der Waals surface area (Å²) >= 11 is 0. The maximum atomic E-state index is 5.84. The van der Waals surface area contributed by atoms with Crippen LogP contribution in [0.15, 0.2) is 83.9 Å². The molecule has 0 N–H and O–H groups in total. The Morgan fingerprint density at radius 1 is 0.760 bits per heavy atom. The average Bonchev–Trinajstić information content (AvgIpc) is 2.61. The minimum atomic E-state index is 0.152. The third-order valence-corrected chi connectivity index (χ3v) is 3.39. The highest BCUT2D eigenvalue weighted by Gasteiger charge is 2.00. The second-order valence-electron chi connectivity index (χ2n) is 5.91. The molecule has 0 atom stereocenters. The molecule has 0 heterocycles. The van der Waals surface area contributed by atoms with Gasteiger partial charge in [0.2, 0.25) is 0 Å². The highest BCUT2D eigenvalue weighted by molar-refractivity contribution is 5.82. The number of hydrogen-bond acceptors (Lipinski definition) is 3. The SMILES string of the molecule is CC(C)Oc1cccc(C=Nc2cccc(Oc3ccccc3)c2)c1. The summed E-state index contributed by atoms with van der Waals surface area (Å²) in [5.41, 5.74) is 1.83.